The molecule has 0 amide bonds. The van der Waals surface area contributed by atoms with E-state index >= 15 is 0 Å². The number of carbonyl (C=O) groups excluding carboxylic acids is 1. The van der Waals surface area contributed by atoms with Crippen LogP contribution in [0.5, 0.6) is 5.75 Å². The first-order valence-corrected chi connectivity index (χ1v) is 4.88. The molecule has 0 unspecified atom stereocenters. The Labute approximate surface area is 92.1 Å². The molecule has 0 radical (unpaired) electrons. The maximum Gasteiger partial charge on any atom is 0.341 e. The van der Waals surface area contributed by atoms with Gasteiger partial charge in [0.1, 0.15) is 12.2 Å². The molecule has 5 heteroatoms. The number of nitrogens with one attached hydrogen (secondary N) is 1. The Balaban J connectivity index is 2.52. The topological polar surface area (TPSA) is 47.6 Å². The van der Waals surface area contributed by atoms with Crippen LogP contribution in [0.3, 0.4) is 0 Å². The molecule has 1 aliphatic heterocycles. The van der Waals surface area contributed by atoms with Gasteiger partial charge in [0.05, 0.1) is 12.8 Å². The lowest BCUT2D eigenvalue weighted by Gasteiger charge is -2.21. The highest BCUT2D eigenvalue weighted by atomic mass is 35.5. The third kappa shape index (κ3) is 1.85. The molecule has 0 spiro atoms. The van der Waals surface area contributed by atoms with E-state index in [0.29, 0.717) is 29.5 Å². The number of benzene rings is 1. The number of rotatable bonds is 1. The van der Waals surface area contributed by atoms with E-state index in [4.69, 9.17) is 16.3 Å². The van der Waals surface area contributed by atoms with Crippen molar-refractivity contribution in [3.05, 3.63) is 22.7 Å². The first kappa shape index (κ1) is 10.1. The van der Waals surface area contributed by atoms with Crippen molar-refractivity contribution >= 4 is 23.3 Å². The van der Waals surface area contributed by atoms with Crippen LogP contribution in [-0.4, -0.2) is 26.2 Å². The van der Waals surface area contributed by atoms with Crippen LogP contribution in [0.15, 0.2) is 12.1 Å². The van der Waals surface area contributed by atoms with Crippen molar-refractivity contribution in [2.24, 2.45) is 0 Å². The average Bonchev–Trinajstić information content (AvgIpc) is 2.26. The first-order chi connectivity index (χ1) is 7.22. The molecule has 1 aromatic carbocycles. The van der Waals surface area contributed by atoms with Gasteiger partial charge in [0.25, 0.3) is 0 Å². The van der Waals surface area contributed by atoms with E-state index in [1.165, 1.54) is 7.11 Å². The van der Waals surface area contributed by atoms with Gasteiger partial charge in [0, 0.05) is 11.6 Å². The molecular formula is C10H10ClNO3. The molecule has 0 aliphatic carbocycles. The molecule has 1 aromatic rings. The van der Waals surface area contributed by atoms with Crippen molar-refractivity contribution in [3.8, 4) is 5.75 Å². The fraction of sp³-hybridized carbons (Fsp3) is 0.300. The summed E-state index contributed by atoms with van der Waals surface area (Å²) >= 11 is 5.88. The third-order valence-corrected chi connectivity index (χ3v) is 2.34. The van der Waals surface area contributed by atoms with Crippen molar-refractivity contribution in [2.45, 2.75) is 0 Å². The second kappa shape index (κ2) is 3.98. The van der Waals surface area contributed by atoms with Crippen LogP contribution < -0.4 is 10.1 Å². The lowest BCUT2D eigenvalue weighted by molar-refractivity contribution is 0.0596. The van der Waals surface area contributed by atoms with Gasteiger partial charge in [-0.25, -0.2) is 4.79 Å². The summed E-state index contributed by atoms with van der Waals surface area (Å²) in [4.78, 5) is 11.4. The maximum absolute atomic E-state index is 11.4. The van der Waals surface area contributed by atoms with E-state index in [1.54, 1.807) is 12.1 Å². The van der Waals surface area contributed by atoms with Gasteiger partial charge in [0.2, 0.25) is 0 Å². The summed E-state index contributed by atoms with van der Waals surface area (Å²) in [6.45, 7) is 1.23. The minimum absolute atomic E-state index is 0.354. The second-order valence-electron chi connectivity index (χ2n) is 3.10. The average molecular weight is 228 g/mol. The van der Waals surface area contributed by atoms with E-state index in [2.05, 4.69) is 10.1 Å². The third-order valence-electron chi connectivity index (χ3n) is 2.12. The van der Waals surface area contributed by atoms with Crippen LogP contribution in [0.1, 0.15) is 10.4 Å². The maximum atomic E-state index is 11.4. The number of halogens is 1. The number of fused-ring (bicyclic) bond motifs is 1. The predicted octanol–water partition coefficient (Wildman–Crippen LogP) is 1.93. The summed E-state index contributed by atoms with van der Waals surface area (Å²) in [5.41, 5.74) is 1.08. The van der Waals surface area contributed by atoms with Gasteiger partial charge in [-0.3, -0.25) is 0 Å². The van der Waals surface area contributed by atoms with Gasteiger partial charge < -0.3 is 14.8 Å². The predicted molar refractivity (Wildman–Crippen MR) is 56.8 cm³/mol. The van der Waals surface area contributed by atoms with Crippen molar-refractivity contribution in [3.63, 3.8) is 0 Å². The van der Waals surface area contributed by atoms with Crippen LogP contribution >= 0.6 is 11.6 Å². The van der Waals surface area contributed by atoms with Gasteiger partial charge >= 0.3 is 5.97 Å². The Morgan fingerprint density at radius 2 is 2.40 bits per heavy atom. The number of hydrogen-bond donors (Lipinski definition) is 1. The molecule has 1 aliphatic rings. The summed E-state index contributed by atoms with van der Waals surface area (Å²) in [5, 5.41) is 3.58. The number of anilines is 1. The zero-order valence-corrected chi connectivity index (χ0v) is 8.93. The number of methoxy groups -OCH3 is 1. The SMILES string of the molecule is COC(=O)c1cc(Cl)cc2c1OCCN2. The molecule has 0 saturated heterocycles. The van der Waals surface area contributed by atoms with E-state index < -0.39 is 5.97 Å². The lowest BCUT2D eigenvalue weighted by atomic mass is 10.1. The molecule has 0 fully saturated rings. The standard InChI is InChI=1S/C10H10ClNO3/c1-14-10(13)7-4-6(11)5-8-9(7)15-3-2-12-8/h4-5,12H,2-3H2,1H3. The van der Waals surface area contributed by atoms with Crippen molar-refractivity contribution in [1.29, 1.82) is 0 Å². The van der Waals surface area contributed by atoms with E-state index in [1.807, 2.05) is 0 Å². The van der Waals surface area contributed by atoms with Crippen LogP contribution in [-0.2, 0) is 4.74 Å². The second-order valence-corrected chi connectivity index (χ2v) is 3.53. The van der Waals surface area contributed by atoms with Gasteiger partial charge in [-0.05, 0) is 12.1 Å². The first-order valence-electron chi connectivity index (χ1n) is 4.51. The molecule has 2 rings (SSSR count). The molecule has 0 saturated carbocycles. The fourth-order valence-electron chi connectivity index (χ4n) is 1.48. The molecule has 80 valence electrons. The molecule has 0 bridgehead atoms. The van der Waals surface area contributed by atoms with Gasteiger partial charge in [-0.1, -0.05) is 11.6 Å². The molecule has 4 nitrogen and oxygen atoms in total. The zero-order chi connectivity index (χ0) is 10.8. The lowest BCUT2D eigenvalue weighted by Crippen LogP contribution is -2.20. The van der Waals surface area contributed by atoms with Gasteiger partial charge in [-0.2, -0.15) is 0 Å². The summed E-state index contributed by atoms with van der Waals surface area (Å²) in [6, 6.07) is 3.27. The molecule has 1 N–H and O–H groups in total. The highest BCUT2D eigenvalue weighted by molar-refractivity contribution is 6.31. The Morgan fingerprint density at radius 1 is 1.60 bits per heavy atom. The largest absolute Gasteiger partial charge is 0.489 e. The van der Waals surface area contributed by atoms with E-state index in [9.17, 15) is 4.79 Å². The summed E-state index contributed by atoms with van der Waals surface area (Å²) in [7, 11) is 1.33. The highest BCUT2D eigenvalue weighted by Gasteiger charge is 2.20. The van der Waals surface area contributed by atoms with Crippen LogP contribution in [0, 0.1) is 0 Å². The highest BCUT2D eigenvalue weighted by Crippen LogP contribution is 2.34. The van der Waals surface area contributed by atoms with E-state index in [0.717, 1.165) is 5.69 Å². The van der Waals surface area contributed by atoms with E-state index in [-0.39, 0.29) is 0 Å². The van der Waals surface area contributed by atoms with Crippen LogP contribution in [0.2, 0.25) is 5.02 Å². The number of esters is 1. The normalized spacial score (nSPS) is 13.5. The minimum atomic E-state index is -0.447. The van der Waals surface area contributed by atoms with Gasteiger partial charge in [0.15, 0.2) is 5.75 Å². The van der Waals surface area contributed by atoms with Crippen molar-refractivity contribution < 1.29 is 14.3 Å². The van der Waals surface area contributed by atoms with Crippen molar-refractivity contribution in [2.75, 3.05) is 25.6 Å². The Kier molecular flexibility index (Phi) is 2.68. The molecule has 15 heavy (non-hydrogen) atoms. The Hall–Kier alpha value is -1.42. The number of hydrogen-bond acceptors (Lipinski definition) is 4. The van der Waals surface area contributed by atoms with Crippen molar-refractivity contribution in [1.82, 2.24) is 0 Å². The number of ether oxygens (including phenoxy) is 2. The smallest absolute Gasteiger partial charge is 0.341 e. The monoisotopic (exact) mass is 227 g/mol. The van der Waals surface area contributed by atoms with Crippen LogP contribution in [0.25, 0.3) is 0 Å². The van der Waals surface area contributed by atoms with Crippen LogP contribution in [0.4, 0.5) is 5.69 Å². The van der Waals surface area contributed by atoms with Gasteiger partial charge in [-0.15, -0.1) is 0 Å². The summed E-state index contributed by atoms with van der Waals surface area (Å²) < 4.78 is 10.1. The summed E-state index contributed by atoms with van der Waals surface area (Å²) in [5.74, 6) is 0.0648. The molecule has 1 heterocycles. The fourth-order valence-corrected chi connectivity index (χ4v) is 1.70. The quantitative estimate of drug-likeness (QED) is 0.745. The number of carbonyl (C=O) groups is 1. The molecular weight excluding hydrogens is 218 g/mol. The Morgan fingerprint density at radius 3 is 3.13 bits per heavy atom. The zero-order valence-electron chi connectivity index (χ0n) is 8.17. The Bertz CT molecular complexity index is 406. The summed E-state index contributed by atoms with van der Waals surface area (Å²) in [6.07, 6.45) is 0. The molecule has 0 aromatic heterocycles. The minimum Gasteiger partial charge on any atom is -0.489 e. The molecule has 0 atom stereocenters.